The third-order valence-electron chi connectivity index (χ3n) is 4.70. The van der Waals surface area contributed by atoms with E-state index in [1.807, 2.05) is 29.2 Å². The van der Waals surface area contributed by atoms with Crippen molar-refractivity contribution in [1.82, 2.24) is 15.1 Å². The average molecular weight is 429 g/mol. The van der Waals surface area contributed by atoms with Crippen LogP contribution in [-0.2, 0) is 21.2 Å². The Hall–Kier alpha value is -1.80. The Morgan fingerprint density at radius 2 is 1.86 bits per heavy atom. The van der Waals surface area contributed by atoms with Gasteiger partial charge in [0.15, 0.2) is 15.8 Å². The minimum atomic E-state index is -3.21. The highest BCUT2D eigenvalue weighted by molar-refractivity contribution is 7.92. The predicted octanol–water partition coefficient (Wildman–Crippen LogP) is 1.77. The van der Waals surface area contributed by atoms with E-state index in [1.165, 1.54) is 0 Å². The fourth-order valence-electron chi connectivity index (χ4n) is 2.80. The minimum Gasteiger partial charge on any atom is -0.355 e. The van der Waals surface area contributed by atoms with Gasteiger partial charge in [0.2, 0.25) is 5.91 Å². The number of hydrogen-bond donors (Lipinski definition) is 1. The van der Waals surface area contributed by atoms with Gasteiger partial charge in [0.25, 0.3) is 0 Å². The highest BCUT2D eigenvalue weighted by Gasteiger charge is 2.29. The Bertz CT molecular complexity index is 817. The van der Waals surface area contributed by atoms with Crippen molar-refractivity contribution in [2.24, 2.45) is 4.99 Å². The van der Waals surface area contributed by atoms with Gasteiger partial charge >= 0.3 is 0 Å². The molecule has 9 heteroatoms. The summed E-state index contributed by atoms with van der Waals surface area (Å²) in [5, 5.41) is 3.74. The molecule has 2 rings (SSSR count). The average Bonchev–Trinajstić information content (AvgIpc) is 2.61. The van der Waals surface area contributed by atoms with Crippen LogP contribution in [0.1, 0.15) is 26.3 Å². The van der Waals surface area contributed by atoms with E-state index in [9.17, 15) is 13.2 Å². The number of sulfone groups is 1. The zero-order valence-electron chi connectivity index (χ0n) is 16.9. The largest absolute Gasteiger partial charge is 0.355 e. The van der Waals surface area contributed by atoms with Crippen molar-refractivity contribution in [3.63, 3.8) is 0 Å². The fraction of sp³-hybridized carbons (Fsp3) is 0.579. The fourth-order valence-corrected chi connectivity index (χ4v) is 3.91. The summed E-state index contributed by atoms with van der Waals surface area (Å²) < 4.78 is 23.7. The molecule has 0 unspecified atom stereocenters. The van der Waals surface area contributed by atoms with Gasteiger partial charge in [-0.15, -0.1) is 0 Å². The summed E-state index contributed by atoms with van der Waals surface area (Å²) in [4.78, 5) is 20.4. The van der Waals surface area contributed by atoms with Gasteiger partial charge in [-0.1, -0.05) is 23.7 Å². The molecule has 1 heterocycles. The predicted molar refractivity (Wildman–Crippen MR) is 113 cm³/mol. The van der Waals surface area contributed by atoms with Crippen LogP contribution in [-0.4, -0.2) is 73.8 Å². The van der Waals surface area contributed by atoms with Crippen molar-refractivity contribution < 1.29 is 13.2 Å². The maximum Gasteiger partial charge on any atom is 0.242 e. The first kappa shape index (κ1) is 22.5. The van der Waals surface area contributed by atoms with Crippen molar-refractivity contribution in [1.29, 1.82) is 0 Å². The Kier molecular flexibility index (Phi) is 7.33. The number of benzene rings is 1. The summed E-state index contributed by atoms with van der Waals surface area (Å²) in [6.45, 7) is 7.28. The number of nitrogens with one attached hydrogen (secondary N) is 1. The molecule has 1 amide bonds. The Morgan fingerprint density at radius 1 is 1.21 bits per heavy atom. The van der Waals surface area contributed by atoms with Crippen molar-refractivity contribution >= 4 is 33.3 Å². The van der Waals surface area contributed by atoms with Crippen molar-refractivity contribution in [3.05, 3.63) is 34.9 Å². The van der Waals surface area contributed by atoms with E-state index in [-0.39, 0.29) is 24.7 Å². The van der Waals surface area contributed by atoms with Gasteiger partial charge in [0.1, 0.15) is 0 Å². The van der Waals surface area contributed by atoms with Gasteiger partial charge in [-0.3, -0.25) is 9.79 Å². The number of carbonyl (C=O) groups excluding carboxylic acids is 1. The second kappa shape index (κ2) is 9.13. The number of hydrogen-bond acceptors (Lipinski definition) is 4. The zero-order chi connectivity index (χ0) is 20.9. The molecule has 0 aromatic heterocycles. The molecule has 0 atom stereocenters. The Morgan fingerprint density at radius 3 is 2.39 bits per heavy atom. The quantitative estimate of drug-likeness (QED) is 0.571. The van der Waals surface area contributed by atoms with Crippen LogP contribution in [0.2, 0.25) is 5.02 Å². The van der Waals surface area contributed by atoms with Gasteiger partial charge < -0.3 is 15.1 Å². The highest BCUT2D eigenvalue weighted by atomic mass is 35.5. The van der Waals surface area contributed by atoms with Crippen molar-refractivity contribution in [2.45, 2.75) is 32.1 Å². The second-order valence-electron chi connectivity index (χ2n) is 7.77. The van der Waals surface area contributed by atoms with E-state index in [0.717, 1.165) is 5.56 Å². The number of rotatable bonds is 5. The lowest BCUT2D eigenvalue weighted by Crippen LogP contribution is -2.55. The molecule has 1 N–H and O–H groups in total. The van der Waals surface area contributed by atoms with E-state index < -0.39 is 14.6 Å². The number of amides is 1. The molecular weight excluding hydrogens is 400 g/mol. The first-order valence-electron chi connectivity index (χ1n) is 9.23. The van der Waals surface area contributed by atoms with Gasteiger partial charge in [0, 0.05) is 38.2 Å². The molecule has 1 aliphatic rings. The normalized spacial score (nSPS) is 16.5. The molecule has 7 nitrogen and oxygen atoms in total. The Labute approximate surface area is 172 Å². The van der Waals surface area contributed by atoms with Gasteiger partial charge in [-0.2, -0.15) is 0 Å². The third kappa shape index (κ3) is 5.85. The van der Waals surface area contributed by atoms with E-state index in [0.29, 0.717) is 30.6 Å². The van der Waals surface area contributed by atoms with Gasteiger partial charge in [-0.25, -0.2) is 8.42 Å². The summed E-state index contributed by atoms with van der Waals surface area (Å²) in [6, 6.07) is 7.46. The first-order chi connectivity index (χ1) is 13.0. The topological polar surface area (TPSA) is 82.1 Å². The van der Waals surface area contributed by atoms with Gasteiger partial charge in [0.05, 0.1) is 17.0 Å². The summed E-state index contributed by atoms with van der Waals surface area (Å²) in [5.41, 5.74) is 1.03. The standard InChI is InChI=1S/C19H29ClN4O3S/c1-19(2,3)28(26,27)12-9-22-18(21-4)24-11-10-23(17(25)14-24)13-15-5-7-16(20)8-6-15/h5-8H,9-14H2,1-4H3,(H,21,22). The second-order valence-corrected chi connectivity index (χ2v) is 11.1. The van der Waals surface area contributed by atoms with E-state index in [1.54, 1.807) is 32.7 Å². The number of guanidine groups is 1. The monoisotopic (exact) mass is 428 g/mol. The van der Waals surface area contributed by atoms with E-state index in [2.05, 4.69) is 10.3 Å². The first-order valence-corrected chi connectivity index (χ1v) is 11.3. The lowest BCUT2D eigenvalue weighted by atomic mass is 10.2. The van der Waals surface area contributed by atoms with Crippen LogP contribution in [0.15, 0.2) is 29.3 Å². The summed E-state index contributed by atoms with van der Waals surface area (Å²) in [5.74, 6) is 0.565. The van der Waals surface area contributed by atoms with Crippen LogP contribution in [0.5, 0.6) is 0 Å². The number of halogens is 1. The third-order valence-corrected chi connectivity index (χ3v) is 7.56. The lowest BCUT2D eigenvalue weighted by molar-refractivity contribution is -0.135. The van der Waals surface area contributed by atoms with Gasteiger partial charge in [-0.05, 0) is 38.5 Å². The number of aliphatic imine (C=N–C) groups is 1. The maximum atomic E-state index is 12.5. The van der Waals surface area contributed by atoms with Crippen molar-refractivity contribution in [2.75, 3.05) is 39.0 Å². The molecule has 1 aliphatic heterocycles. The summed E-state index contributed by atoms with van der Waals surface area (Å²) in [7, 11) is -1.58. The molecule has 1 aromatic rings. The van der Waals surface area contributed by atoms with E-state index in [4.69, 9.17) is 11.6 Å². The molecule has 0 saturated carbocycles. The summed E-state index contributed by atoms with van der Waals surface area (Å²) in [6.07, 6.45) is 0. The smallest absolute Gasteiger partial charge is 0.242 e. The van der Waals surface area contributed by atoms with Crippen LogP contribution >= 0.6 is 11.6 Å². The maximum absolute atomic E-state index is 12.5. The SMILES string of the molecule is CN=C(NCCS(=O)(=O)C(C)(C)C)N1CCN(Cc2ccc(Cl)cc2)C(=O)C1. The van der Waals surface area contributed by atoms with Crippen molar-refractivity contribution in [3.8, 4) is 0 Å². The number of carbonyl (C=O) groups is 1. The minimum absolute atomic E-state index is 0.00598. The molecule has 1 aromatic carbocycles. The molecule has 156 valence electrons. The lowest BCUT2D eigenvalue weighted by Gasteiger charge is -2.36. The summed E-state index contributed by atoms with van der Waals surface area (Å²) >= 11 is 5.90. The highest BCUT2D eigenvalue weighted by Crippen LogP contribution is 2.16. The van der Waals surface area contributed by atoms with Crippen LogP contribution < -0.4 is 5.32 Å². The van der Waals surface area contributed by atoms with Crippen LogP contribution in [0.4, 0.5) is 0 Å². The number of nitrogens with zero attached hydrogens (tertiary/aromatic N) is 3. The Balaban J connectivity index is 1.89. The molecule has 0 bridgehead atoms. The number of piperazine rings is 1. The van der Waals surface area contributed by atoms with Crippen LogP contribution in [0.3, 0.4) is 0 Å². The van der Waals surface area contributed by atoms with Crippen LogP contribution in [0.25, 0.3) is 0 Å². The molecule has 1 saturated heterocycles. The molecule has 0 spiro atoms. The molecule has 0 radical (unpaired) electrons. The molecule has 0 aliphatic carbocycles. The zero-order valence-corrected chi connectivity index (χ0v) is 18.5. The molecule has 1 fully saturated rings. The van der Waals surface area contributed by atoms with E-state index >= 15 is 0 Å². The van der Waals surface area contributed by atoms with Crippen LogP contribution in [0, 0.1) is 0 Å². The molecular formula is C19H29ClN4O3S. The molecule has 28 heavy (non-hydrogen) atoms.